The van der Waals surface area contributed by atoms with Gasteiger partial charge in [0, 0.05) is 25.6 Å². The highest BCUT2D eigenvalue weighted by Crippen LogP contribution is 2.33. The minimum Gasteiger partial charge on any atom is -0.373 e. The number of aliphatic imine (C=N–C) groups is 1. The fourth-order valence-electron chi connectivity index (χ4n) is 3.70. The van der Waals surface area contributed by atoms with Crippen molar-refractivity contribution >= 4 is 40.0 Å². The molecule has 0 radical (unpaired) electrons. The molecule has 1 fully saturated rings. The van der Waals surface area contributed by atoms with Gasteiger partial charge >= 0.3 is 0 Å². The maximum absolute atomic E-state index is 11.4. The van der Waals surface area contributed by atoms with Crippen LogP contribution in [0.25, 0.3) is 0 Å². The normalized spacial score (nSPS) is 19.2. The smallest absolute Gasteiger partial charge is 0.238 e. The molecule has 1 aliphatic rings. The lowest BCUT2D eigenvalue weighted by Crippen LogP contribution is -2.42. The highest BCUT2D eigenvalue weighted by Gasteiger charge is 2.27. The lowest BCUT2D eigenvalue weighted by molar-refractivity contribution is -0.0265. The zero-order chi connectivity index (χ0) is 22.3. The summed E-state index contributed by atoms with van der Waals surface area (Å²) in [5.74, 6) is 1.08. The number of nitrogens with one attached hydrogen (secondary N) is 2. The first-order chi connectivity index (χ1) is 14.9. The van der Waals surface area contributed by atoms with E-state index in [-0.39, 0.29) is 35.0 Å². The number of halogens is 1. The molecule has 4 N–H and O–H groups in total. The van der Waals surface area contributed by atoms with Gasteiger partial charge < -0.3 is 15.4 Å². The predicted molar refractivity (Wildman–Crippen MR) is 139 cm³/mol. The largest absolute Gasteiger partial charge is 0.373 e. The topological polar surface area (TPSA) is 106 Å². The monoisotopic (exact) mass is 572 g/mol. The maximum Gasteiger partial charge on any atom is 0.238 e. The molecule has 1 aliphatic heterocycles. The van der Waals surface area contributed by atoms with Crippen molar-refractivity contribution in [3.8, 4) is 0 Å². The number of primary sulfonamides is 1. The molecular formula is C23H33IN4O3S. The summed E-state index contributed by atoms with van der Waals surface area (Å²) in [6.45, 7) is 6.84. The van der Waals surface area contributed by atoms with Gasteiger partial charge in [-0.3, -0.25) is 0 Å². The third-order valence-corrected chi connectivity index (χ3v) is 6.33. The highest BCUT2D eigenvalue weighted by atomic mass is 127. The Kier molecular flexibility index (Phi) is 10.4. The van der Waals surface area contributed by atoms with Crippen LogP contribution in [0.4, 0.5) is 0 Å². The number of hydrogen-bond donors (Lipinski definition) is 3. The molecule has 3 rings (SSSR count). The number of benzene rings is 2. The SMILES string of the molecule is CCNC(=NCc1ccc(S(N)(=O)=O)cc1)NCC1CCCOC1c1ccc(C)cc1.I. The number of aryl methyl sites for hydroxylation is 1. The molecule has 0 amide bonds. The summed E-state index contributed by atoms with van der Waals surface area (Å²) in [6.07, 6.45) is 2.23. The third kappa shape index (κ3) is 7.72. The molecule has 2 unspecified atom stereocenters. The third-order valence-electron chi connectivity index (χ3n) is 5.40. The first-order valence-electron chi connectivity index (χ1n) is 10.7. The fraction of sp³-hybridized carbons (Fsp3) is 0.435. The van der Waals surface area contributed by atoms with E-state index in [1.54, 1.807) is 12.1 Å². The highest BCUT2D eigenvalue weighted by molar-refractivity contribution is 14.0. The predicted octanol–water partition coefficient (Wildman–Crippen LogP) is 3.48. The molecule has 176 valence electrons. The van der Waals surface area contributed by atoms with Crippen molar-refractivity contribution in [2.24, 2.45) is 16.0 Å². The van der Waals surface area contributed by atoms with Crippen molar-refractivity contribution in [2.45, 2.75) is 44.2 Å². The Morgan fingerprint density at radius 2 is 1.81 bits per heavy atom. The zero-order valence-corrected chi connectivity index (χ0v) is 21.7. The van der Waals surface area contributed by atoms with E-state index >= 15 is 0 Å². The summed E-state index contributed by atoms with van der Waals surface area (Å²) < 4.78 is 28.9. The number of nitrogens with two attached hydrogens (primary N) is 1. The molecular weight excluding hydrogens is 539 g/mol. The Balaban J connectivity index is 0.00000363. The van der Waals surface area contributed by atoms with Gasteiger partial charge in [-0.15, -0.1) is 24.0 Å². The van der Waals surface area contributed by atoms with E-state index in [4.69, 9.17) is 9.88 Å². The zero-order valence-electron chi connectivity index (χ0n) is 18.6. The van der Waals surface area contributed by atoms with Crippen LogP contribution in [0.15, 0.2) is 58.4 Å². The number of sulfonamides is 1. The molecule has 0 bridgehead atoms. The molecule has 9 heteroatoms. The van der Waals surface area contributed by atoms with Gasteiger partial charge in [0.15, 0.2) is 5.96 Å². The average molecular weight is 573 g/mol. The van der Waals surface area contributed by atoms with E-state index in [0.717, 1.165) is 44.1 Å². The number of rotatable bonds is 7. The summed E-state index contributed by atoms with van der Waals surface area (Å²) in [5, 5.41) is 11.9. The first-order valence-corrected chi connectivity index (χ1v) is 12.2. The summed E-state index contributed by atoms with van der Waals surface area (Å²) in [6, 6.07) is 15.0. The molecule has 0 aromatic heterocycles. The van der Waals surface area contributed by atoms with E-state index in [1.807, 2.05) is 6.92 Å². The molecule has 0 aliphatic carbocycles. The van der Waals surface area contributed by atoms with Crippen LogP contribution in [-0.2, 0) is 21.3 Å². The standard InChI is InChI=1S/C23H32N4O3S.HI/c1-3-25-23(26-15-18-8-12-21(13-9-18)31(24,28)29)27-16-20-5-4-14-30-22(20)19-10-6-17(2)7-11-19;/h6-13,20,22H,3-5,14-16H2,1-2H3,(H2,24,28,29)(H2,25,26,27);1H. The van der Waals surface area contributed by atoms with Crippen molar-refractivity contribution in [2.75, 3.05) is 19.7 Å². The molecule has 1 saturated heterocycles. The summed E-state index contributed by atoms with van der Waals surface area (Å²) in [5.41, 5.74) is 3.37. The van der Waals surface area contributed by atoms with Crippen molar-refractivity contribution in [3.05, 3.63) is 65.2 Å². The molecule has 32 heavy (non-hydrogen) atoms. The summed E-state index contributed by atoms with van der Waals surface area (Å²) >= 11 is 0. The van der Waals surface area contributed by atoms with Crippen LogP contribution in [0.1, 0.15) is 42.6 Å². The molecule has 2 aromatic carbocycles. The Morgan fingerprint density at radius 1 is 1.12 bits per heavy atom. The van der Waals surface area contributed by atoms with Gasteiger partial charge in [0.2, 0.25) is 10.0 Å². The van der Waals surface area contributed by atoms with E-state index in [1.165, 1.54) is 23.3 Å². The van der Waals surface area contributed by atoms with Gasteiger partial charge in [-0.2, -0.15) is 0 Å². The van der Waals surface area contributed by atoms with Crippen LogP contribution in [0, 0.1) is 12.8 Å². The van der Waals surface area contributed by atoms with Crippen LogP contribution in [-0.4, -0.2) is 34.1 Å². The summed E-state index contributed by atoms with van der Waals surface area (Å²) in [4.78, 5) is 4.74. The molecule has 0 spiro atoms. The lowest BCUT2D eigenvalue weighted by Gasteiger charge is -2.32. The molecule has 7 nitrogen and oxygen atoms in total. The minimum atomic E-state index is -3.68. The van der Waals surface area contributed by atoms with Crippen LogP contribution in [0.3, 0.4) is 0 Å². The number of hydrogen-bond acceptors (Lipinski definition) is 4. The van der Waals surface area contributed by atoms with Gasteiger partial charge in [-0.25, -0.2) is 18.5 Å². The summed E-state index contributed by atoms with van der Waals surface area (Å²) in [7, 11) is -3.68. The molecule has 2 atom stereocenters. The Labute approximate surface area is 208 Å². The van der Waals surface area contributed by atoms with Crippen LogP contribution >= 0.6 is 24.0 Å². The van der Waals surface area contributed by atoms with E-state index in [2.05, 4.69) is 46.8 Å². The van der Waals surface area contributed by atoms with E-state index in [0.29, 0.717) is 12.5 Å². The quantitative estimate of drug-likeness (QED) is 0.268. The van der Waals surface area contributed by atoms with Gasteiger partial charge in [-0.1, -0.05) is 42.0 Å². The first kappa shape index (κ1) is 26.6. The minimum absolute atomic E-state index is 0. The van der Waals surface area contributed by atoms with Crippen LogP contribution in [0.2, 0.25) is 0 Å². The second kappa shape index (κ2) is 12.5. The fourth-order valence-corrected chi connectivity index (χ4v) is 4.22. The van der Waals surface area contributed by atoms with Crippen LogP contribution < -0.4 is 15.8 Å². The van der Waals surface area contributed by atoms with Gasteiger partial charge in [-0.05, 0) is 49.9 Å². The van der Waals surface area contributed by atoms with E-state index in [9.17, 15) is 8.42 Å². The van der Waals surface area contributed by atoms with E-state index < -0.39 is 10.0 Å². The Bertz CT molecular complexity index is 979. The van der Waals surface area contributed by atoms with Gasteiger partial charge in [0.05, 0.1) is 17.5 Å². The van der Waals surface area contributed by atoms with Gasteiger partial charge in [0.25, 0.3) is 0 Å². The number of nitrogens with zero attached hydrogens (tertiary/aromatic N) is 1. The maximum atomic E-state index is 11.4. The molecule has 1 heterocycles. The second-order valence-electron chi connectivity index (χ2n) is 7.87. The van der Waals surface area contributed by atoms with Crippen molar-refractivity contribution in [1.82, 2.24) is 10.6 Å². The molecule has 0 saturated carbocycles. The van der Waals surface area contributed by atoms with Crippen molar-refractivity contribution in [3.63, 3.8) is 0 Å². The Morgan fingerprint density at radius 3 is 2.44 bits per heavy atom. The second-order valence-corrected chi connectivity index (χ2v) is 9.43. The van der Waals surface area contributed by atoms with Crippen molar-refractivity contribution in [1.29, 1.82) is 0 Å². The molecule has 2 aromatic rings. The Hall–Kier alpha value is -1.69. The number of guanidine groups is 1. The number of ether oxygens (including phenoxy) is 1. The van der Waals surface area contributed by atoms with Gasteiger partial charge in [0.1, 0.15) is 0 Å². The van der Waals surface area contributed by atoms with Crippen LogP contribution in [0.5, 0.6) is 0 Å². The van der Waals surface area contributed by atoms with Crippen molar-refractivity contribution < 1.29 is 13.2 Å². The lowest BCUT2D eigenvalue weighted by atomic mass is 9.89. The average Bonchev–Trinajstić information content (AvgIpc) is 2.76.